The molecule has 2 heterocycles. The van der Waals surface area contributed by atoms with Gasteiger partial charge in [0.05, 0.1) is 29.5 Å². The monoisotopic (exact) mass is 267 g/mol. The lowest BCUT2D eigenvalue weighted by atomic mass is 10.3. The van der Waals surface area contributed by atoms with E-state index in [0.717, 1.165) is 35.3 Å². The van der Waals surface area contributed by atoms with Crippen LogP contribution in [-0.2, 0) is 20.1 Å². The number of hydrogen-bond donors (Lipinski definition) is 1. The van der Waals surface area contributed by atoms with Gasteiger partial charge in [-0.05, 0) is 13.5 Å². The van der Waals surface area contributed by atoms with Crippen LogP contribution in [0, 0.1) is 6.92 Å². The largest absolute Gasteiger partial charge is 0.328 e. The second kappa shape index (κ2) is 5.54. The van der Waals surface area contributed by atoms with E-state index in [1.807, 2.05) is 31.0 Å². The SMILES string of the molecule is CCNCc1nccn1Cc1c(Cl)c(C)nn1C. The van der Waals surface area contributed by atoms with Crippen molar-refractivity contribution < 1.29 is 0 Å². The highest BCUT2D eigenvalue weighted by atomic mass is 35.5. The summed E-state index contributed by atoms with van der Waals surface area (Å²) < 4.78 is 3.92. The molecule has 0 fully saturated rings. The Balaban J connectivity index is 2.21. The Morgan fingerprint density at radius 3 is 2.83 bits per heavy atom. The van der Waals surface area contributed by atoms with Crippen molar-refractivity contribution in [3.05, 3.63) is 34.6 Å². The molecule has 0 aliphatic rings. The third-order valence-corrected chi connectivity index (χ3v) is 3.41. The molecule has 0 radical (unpaired) electrons. The van der Waals surface area contributed by atoms with E-state index in [1.54, 1.807) is 0 Å². The van der Waals surface area contributed by atoms with Crippen LogP contribution in [0.2, 0.25) is 5.02 Å². The number of aromatic nitrogens is 4. The van der Waals surface area contributed by atoms with Crippen LogP contribution in [0.25, 0.3) is 0 Å². The molecule has 2 aromatic rings. The van der Waals surface area contributed by atoms with E-state index in [1.165, 1.54) is 0 Å². The van der Waals surface area contributed by atoms with Crippen molar-refractivity contribution in [2.24, 2.45) is 7.05 Å². The van der Waals surface area contributed by atoms with E-state index in [0.29, 0.717) is 6.54 Å². The molecule has 0 aliphatic carbocycles. The van der Waals surface area contributed by atoms with E-state index in [-0.39, 0.29) is 0 Å². The van der Waals surface area contributed by atoms with Gasteiger partial charge in [0.15, 0.2) is 0 Å². The van der Waals surface area contributed by atoms with Crippen molar-refractivity contribution in [1.29, 1.82) is 0 Å². The molecule has 0 amide bonds. The van der Waals surface area contributed by atoms with Gasteiger partial charge in [0, 0.05) is 19.4 Å². The highest BCUT2D eigenvalue weighted by Crippen LogP contribution is 2.20. The summed E-state index contributed by atoms with van der Waals surface area (Å²) in [6.45, 7) is 6.38. The maximum absolute atomic E-state index is 6.25. The summed E-state index contributed by atoms with van der Waals surface area (Å²) in [4.78, 5) is 4.34. The molecule has 18 heavy (non-hydrogen) atoms. The van der Waals surface area contributed by atoms with Gasteiger partial charge in [0.2, 0.25) is 0 Å². The van der Waals surface area contributed by atoms with Gasteiger partial charge in [-0.25, -0.2) is 4.98 Å². The molecule has 1 N–H and O–H groups in total. The minimum absolute atomic E-state index is 0.691. The van der Waals surface area contributed by atoms with Crippen molar-refractivity contribution in [2.45, 2.75) is 26.9 Å². The first-order valence-electron chi connectivity index (χ1n) is 6.02. The Kier molecular flexibility index (Phi) is 4.04. The minimum atomic E-state index is 0.691. The molecule has 6 heteroatoms. The maximum atomic E-state index is 6.25. The summed E-state index contributed by atoms with van der Waals surface area (Å²) in [5.74, 6) is 1.01. The molecule has 0 atom stereocenters. The molecular formula is C12H18ClN5. The molecule has 0 bridgehead atoms. The molecule has 0 aliphatic heterocycles. The van der Waals surface area contributed by atoms with E-state index in [2.05, 4.69) is 26.9 Å². The van der Waals surface area contributed by atoms with Crippen molar-refractivity contribution in [3.8, 4) is 0 Å². The third-order valence-electron chi connectivity index (χ3n) is 2.92. The zero-order chi connectivity index (χ0) is 13.1. The van der Waals surface area contributed by atoms with Crippen molar-refractivity contribution >= 4 is 11.6 Å². The quantitative estimate of drug-likeness (QED) is 0.898. The highest BCUT2D eigenvalue weighted by molar-refractivity contribution is 6.31. The number of imidazole rings is 1. The van der Waals surface area contributed by atoms with Crippen molar-refractivity contribution in [2.75, 3.05) is 6.54 Å². The topological polar surface area (TPSA) is 47.7 Å². The number of halogens is 1. The predicted octanol–water partition coefficient (Wildman–Crippen LogP) is 1.74. The molecule has 2 rings (SSSR count). The van der Waals surface area contributed by atoms with Gasteiger partial charge in [-0.2, -0.15) is 5.10 Å². The molecule has 0 aromatic carbocycles. The van der Waals surface area contributed by atoms with Crippen LogP contribution in [0.15, 0.2) is 12.4 Å². The van der Waals surface area contributed by atoms with Gasteiger partial charge in [-0.15, -0.1) is 0 Å². The number of hydrogen-bond acceptors (Lipinski definition) is 3. The number of aryl methyl sites for hydroxylation is 2. The van der Waals surface area contributed by atoms with E-state index in [9.17, 15) is 0 Å². The molecule has 2 aromatic heterocycles. The van der Waals surface area contributed by atoms with Crippen LogP contribution in [0.1, 0.15) is 24.1 Å². The lowest BCUT2D eigenvalue weighted by Gasteiger charge is -2.09. The molecular weight excluding hydrogens is 250 g/mol. The summed E-state index contributed by atoms with van der Waals surface area (Å²) in [7, 11) is 1.91. The van der Waals surface area contributed by atoms with Crippen molar-refractivity contribution in [1.82, 2.24) is 24.6 Å². The van der Waals surface area contributed by atoms with Crippen LogP contribution in [0.4, 0.5) is 0 Å². The highest BCUT2D eigenvalue weighted by Gasteiger charge is 2.12. The van der Waals surface area contributed by atoms with E-state index in [4.69, 9.17) is 11.6 Å². The second-order valence-electron chi connectivity index (χ2n) is 4.22. The first-order chi connectivity index (χ1) is 8.63. The van der Waals surface area contributed by atoms with Crippen molar-refractivity contribution in [3.63, 3.8) is 0 Å². The first-order valence-corrected chi connectivity index (χ1v) is 6.40. The standard InChI is InChI=1S/C12H18ClN5/c1-4-14-7-11-15-5-6-18(11)8-10-12(13)9(2)16-17(10)3/h5-6,14H,4,7-8H2,1-3H3. The Morgan fingerprint density at radius 1 is 1.44 bits per heavy atom. The van der Waals surface area contributed by atoms with Gasteiger partial charge in [0.1, 0.15) is 5.82 Å². The first kappa shape index (κ1) is 13.1. The average molecular weight is 268 g/mol. The predicted molar refractivity (Wildman–Crippen MR) is 71.7 cm³/mol. The molecule has 0 saturated carbocycles. The summed E-state index contributed by atoms with van der Waals surface area (Å²) in [6, 6.07) is 0. The number of nitrogens with zero attached hydrogens (tertiary/aromatic N) is 4. The Morgan fingerprint density at radius 2 is 2.22 bits per heavy atom. The van der Waals surface area contributed by atoms with Gasteiger partial charge < -0.3 is 9.88 Å². The van der Waals surface area contributed by atoms with E-state index < -0.39 is 0 Å². The van der Waals surface area contributed by atoms with Gasteiger partial charge in [0.25, 0.3) is 0 Å². The van der Waals surface area contributed by atoms with Gasteiger partial charge in [-0.3, -0.25) is 4.68 Å². The van der Waals surface area contributed by atoms with Crippen LogP contribution in [-0.4, -0.2) is 25.9 Å². The molecule has 0 spiro atoms. The van der Waals surface area contributed by atoms with Crippen LogP contribution < -0.4 is 5.32 Å². The fourth-order valence-corrected chi connectivity index (χ4v) is 2.12. The second-order valence-corrected chi connectivity index (χ2v) is 4.60. The van der Waals surface area contributed by atoms with Crippen LogP contribution in [0.3, 0.4) is 0 Å². The Bertz CT molecular complexity index is 529. The molecule has 98 valence electrons. The molecule has 0 unspecified atom stereocenters. The zero-order valence-corrected chi connectivity index (χ0v) is 11.7. The molecule has 5 nitrogen and oxygen atoms in total. The normalized spacial score (nSPS) is 11.1. The summed E-state index contributed by atoms with van der Waals surface area (Å²) in [5, 5.41) is 8.33. The lowest BCUT2D eigenvalue weighted by Crippen LogP contribution is -2.17. The zero-order valence-electron chi connectivity index (χ0n) is 10.9. The summed E-state index contributed by atoms with van der Waals surface area (Å²) in [6.07, 6.45) is 3.77. The number of nitrogens with one attached hydrogen (secondary N) is 1. The van der Waals surface area contributed by atoms with Gasteiger partial charge in [-0.1, -0.05) is 18.5 Å². The number of rotatable bonds is 5. The maximum Gasteiger partial charge on any atom is 0.123 e. The smallest absolute Gasteiger partial charge is 0.123 e. The fourth-order valence-electron chi connectivity index (χ4n) is 1.90. The molecule has 0 saturated heterocycles. The minimum Gasteiger partial charge on any atom is -0.328 e. The summed E-state index contributed by atoms with van der Waals surface area (Å²) >= 11 is 6.25. The van der Waals surface area contributed by atoms with E-state index >= 15 is 0 Å². The van der Waals surface area contributed by atoms with Gasteiger partial charge >= 0.3 is 0 Å². The lowest BCUT2D eigenvalue weighted by molar-refractivity contribution is 0.610. The summed E-state index contributed by atoms with van der Waals surface area (Å²) in [5.41, 5.74) is 1.87. The van der Waals surface area contributed by atoms with Crippen LogP contribution >= 0.6 is 11.6 Å². The van der Waals surface area contributed by atoms with Crippen LogP contribution in [0.5, 0.6) is 0 Å². The average Bonchev–Trinajstić information content (AvgIpc) is 2.87. The Hall–Kier alpha value is -1.33. The Labute approximate surface area is 112 Å². The fraction of sp³-hybridized carbons (Fsp3) is 0.500. The third kappa shape index (κ3) is 2.57.